The molecule has 33 heavy (non-hydrogen) atoms. The van der Waals surface area contributed by atoms with Crippen molar-refractivity contribution >= 4 is 33.0 Å². The van der Waals surface area contributed by atoms with Crippen LogP contribution in [0.25, 0.3) is 10.4 Å². The summed E-state index contributed by atoms with van der Waals surface area (Å²) in [6.07, 6.45) is 0. The number of hydrogen-bond donors (Lipinski definition) is 1. The topological polar surface area (TPSA) is 94.2 Å². The van der Waals surface area contributed by atoms with Gasteiger partial charge in [0, 0.05) is 35.3 Å². The Morgan fingerprint density at radius 2 is 1.61 bits per heavy atom. The van der Waals surface area contributed by atoms with E-state index in [1.54, 1.807) is 42.5 Å². The summed E-state index contributed by atoms with van der Waals surface area (Å²) >= 11 is 1.22. The van der Waals surface area contributed by atoms with Crippen LogP contribution in [0.2, 0.25) is 0 Å². The van der Waals surface area contributed by atoms with E-state index in [1.165, 1.54) is 15.6 Å². The maximum Gasteiger partial charge on any atom is 0.255 e. The molecule has 3 heterocycles. The number of fused-ring (bicyclic) bond motifs is 1. The molecule has 1 N–H and O–H groups in total. The summed E-state index contributed by atoms with van der Waals surface area (Å²) in [5.41, 5.74) is 1.95. The highest BCUT2D eigenvalue weighted by Gasteiger charge is 2.28. The molecule has 172 valence electrons. The third kappa shape index (κ3) is 4.60. The minimum absolute atomic E-state index is 0.250. The van der Waals surface area contributed by atoms with E-state index in [9.17, 15) is 13.2 Å². The van der Waals surface area contributed by atoms with Gasteiger partial charge < -0.3 is 19.5 Å². The van der Waals surface area contributed by atoms with Crippen molar-refractivity contribution in [3.63, 3.8) is 0 Å². The summed E-state index contributed by atoms with van der Waals surface area (Å²) in [5, 5.41) is 2.86. The van der Waals surface area contributed by atoms with Gasteiger partial charge in [-0.1, -0.05) is 12.1 Å². The van der Waals surface area contributed by atoms with Gasteiger partial charge in [0.1, 0.15) is 17.4 Å². The molecule has 0 radical (unpaired) electrons. The van der Waals surface area contributed by atoms with Crippen molar-refractivity contribution in [3.8, 4) is 21.9 Å². The Kier molecular flexibility index (Phi) is 6.07. The van der Waals surface area contributed by atoms with Crippen molar-refractivity contribution in [1.82, 2.24) is 4.31 Å². The van der Waals surface area contributed by atoms with E-state index in [4.69, 9.17) is 14.2 Å². The van der Waals surface area contributed by atoms with Crippen molar-refractivity contribution in [2.75, 3.05) is 44.8 Å². The molecular weight excluding hydrogens is 464 g/mol. The molecule has 10 heteroatoms. The van der Waals surface area contributed by atoms with Crippen LogP contribution in [0.15, 0.2) is 58.8 Å². The molecule has 2 aromatic carbocycles. The largest absolute Gasteiger partial charge is 0.486 e. The van der Waals surface area contributed by atoms with Crippen molar-refractivity contribution in [2.24, 2.45) is 0 Å². The van der Waals surface area contributed by atoms with E-state index in [-0.39, 0.29) is 5.91 Å². The first-order chi connectivity index (χ1) is 16.0. The molecule has 1 saturated heterocycles. The summed E-state index contributed by atoms with van der Waals surface area (Å²) in [4.78, 5) is 13.5. The first-order valence-electron chi connectivity index (χ1n) is 10.5. The normalized spacial score (nSPS) is 16.4. The number of anilines is 1. The van der Waals surface area contributed by atoms with E-state index < -0.39 is 10.0 Å². The van der Waals surface area contributed by atoms with Crippen LogP contribution in [0.3, 0.4) is 0 Å². The number of rotatable bonds is 5. The first-order valence-corrected chi connectivity index (χ1v) is 12.8. The molecule has 0 aliphatic carbocycles. The summed E-state index contributed by atoms with van der Waals surface area (Å²) in [6.45, 7) is 2.53. The van der Waals surface area contributed by atoms with Gasteiger partial charge in [-0.2, -0.15) is 4.31 Å². The lowest BCUT2D eigenvalue weighted by molar-refractivity contribution is 0.0731. The lowest BCUT2D eigenvalue weighted by Gasteiger charge is -2.25. The van der Waals surface area contributed by atoms with Crippen molar-refractivity contribution < 1.29 is 27.4 Å². The Morgan fingerprint density at radius 1 is 0.879 bits per heavy atom. The molecular formula is C23H22N2O6S2. The Hall–Kier alpha value is -2.92. The second kappa shape index (κ2) is 9.14. The second-order valence-corrected chi connectivity index (χ2v) is 10.8. The smallest absolute Gasteiger partial charge is 0.255 e. The maximum atomic E-state index is 12.8. The Morgan fingerprint density at radius 3 is 2.36 bits per heavy atom. The number of nitrogens with one attached hydrogen (secondary N) is 1. The Bertz CT molecular complexity index is 1260. The molecule has 2 aliphatic heterocycles. The SMILES string of the molecule is O=C(Nc1ccc2c(c1)OCCO2)c1ccc(-c2ccc(S(=O)(=O)N3CCOCC3)s2)cc1. The summed E-state index contributed by atoms with van der Waals surface area (Å²) in [5.74, 6) is 1.02. The minimum atomic E-state index is -3.52. The zero-order valence-corrected chi connectivity index (χ0v) is 19.3. The Balaban J connectivity index is 1.28. The summed E-state index contributed by atoms with van der Waals surface area (Å²) in [7, 11) is -3.52. The fourth-order valence-corrected chi connectivity index (χ4v) is 6.51. The van der Waals surface area contributed by atoms with Gasteiger partial charge in [0.2, 0.25) is 0 Å². The van der Waals surface area contributed by atoms with E-state index in [2.05, 4.69) is 5.32 Å². The fraction of sp³-hybridized carbons (Fsp3) is 0.261. The van der Waals surface area contributed by atoms with E-state index >= 15 is 0 Å². The third-order valence-corrected chi connectivity index (χ3v) is 8.88. The zero-order valence-electron chi connectivity index (χ0n) is 17.7. The van der Waals surface area contributed by atoms with Crippen molar-refractivity contribution in [2.45, 2.75) is 4.21 Å². The minimum Gasteiger partial charge on any atom is -0.486 e. The molecule has 5 rings (SSSR count). The van der Waals surface area contributed by atoms with Crippen LogP contribution in [0.5, 0.6) is 11.5 Å². The number of ether oxygens (including phenoxy) is 3. The number of hydrogen-bond acceptors (Lipinski definition) is 7. The van der Waals surface area contributed by atoms with Crippen LogP contribution in [0.4, 0.5) is 5.69 Å². The van der Waals surface area contributed by atoms with Crippen LogP contribution in [-0.2, 0) is 14.8 Å². The number of benzene rings is 2. The van der Waals surface area contributed by atoms with Gasteiger partial charge >= 0.3 is 0 Å². The average Bonchev–Trinajstić information content (AvgIpc) is 3.36. The van der Waals surface area contributed by atoms with Gasteiger partial charge in [0.05, 0.1) is 13.2 Å². The van der Waals surface area contributed by atoms with Gasteiger partial charge in [0.25, 0.3) is 15.9 Å². The van der Waals surface area contributed by atoms with E-state index in [0.717, 1.165) is 10.4 Å². The van der Waals surface area contributed by atoms with Crippen molar-refractivity contribution in [3.05, 3.63) is 60.2 Å². The molecule has 2 aliphatic rings. The average molecular weight is 487 g/mol. The molecule has 1 amide bonds. The van der Waals surface area contributed by atoms with Crippen molar-refractivity contribution in [1.29, 1.82) is 0 Å². The molecule has 8 nitrogen and oxygen atoms in total. The number of sulfonamides is 1. The number of amides is 1. The molecule has 0 spiro atoms. The number of morpholine rings is 1. The monoisotopic (exact) mass is 486 g/mol. The number of thiophene rings is 1. The van der Waals surface area contributed by atoms with Gasteiger partial charge in [0.15, 0.2) is 11.5 Å². The second-order valence-electron chi connectivity index (χ2n) is 7.53. The highest BCUT2D eigenvalue weighted by molar-refractivity contribution is 7.91. The van der Waals surface area contributed by atoms with Gasteiger partial charge in [-0.05, 0) is 42.0 Å². The van der Waals surface area contributed by atoms with Crippen LogP contribution < -0.4 is 14.8 Å². The van der Waals surface area contributed by atoms with Crippen LogP contribution >= 0.6 is 11.3 Å². The highest BCUT2D eigenvalue weighted by atomic mass is 32.2. The molecule has 1 aromatic heterocycles. The van der Waals surface area contributed by atoms with Gasteiger partial charge in [-0.25, -0.2) is 8.42 Å². The predicted molar refractivity (Wildman–Crippen MR) is 125 cm³/mol. The van der Waals surface area contributed by atoms with Crippen LogP contribution in [-0.4, -0.2) is 58.1 Å². The maximum absolute atomic E-state index is 12.8. The van der Waals surface area contributed by atoms with Gasteiger partial charge in [-0.15, -0.1) is 11.3 Å². The fourth-order valence-electron chi connectivity index (χ4n) is 3.64. The van der Waals surface area contributed by atoms with E-state index in [0.29, 0.717) is 66.5 Å². The lowest BCUT2D eigenvalue weighted by atomic mass is 10.1. The Labute approximate surface area is 195 Å². The number of nitrogens with zero attached hydrogens (tertiary/aromatic N) is 1. The third-order valence-electron chi connectivity index (χ3n) is 5.38. The number of carbonyl (C=O) groups is 1. The highest BCUT2D eigenvalue weighted by Crippen LogP contribution is 2.34. The standard InChI is InChI=1S/C23H22N2O6S2/c26-23(24-18-5-6-19-20(15-18)31-14-13-30-19)17-3-1-16(2-4-17)21-7-8-22(32-21)33(27,28)25-9-11-29-12-10-25/h1-8,15H,9-14H2,(H,24,26). The summed E-state index contributed by atoms with van der Waals surface area (Å²) < 4.78 is 43.8. The lowest BCUT2D eigenvalue weighted by Crippen LogP contribution is -2.40. The molecule has 0 saturated carbocycles. The van der Waals surface area contributed by atoms with E-state index in [1.807, 2.05) is 12.1 Å². The van der Waals surface area contributed by atoms with Gasteiger partial charge in [-0.3, -0.25) is 4.79 Å². The quantitative estimate of drug-likeness (QED) is 0.594. The zero-order chi connectivity index (χ0) is 22.8. The molecule has 1 fully saturated rings. The van der Waals surface area contributed by atoms with Crippen LogP contribution in [0, 0.1) is 0 Å². The summed E-state index contributed by atoms with van der Waals surface area (Å²) in [6, 6.07) is 15.8. The predicted octanol–water partition coefficient (Wildman–Crippen LogP) is 3.46. The first kappa shape index (κ1) is 21.9. The number of carbonyl (C=O) groups excluding carboxylic acids is 1. The molecule has 0 atom stereocenters. The molecule has 3 aromatic rings. The molecule has 0 bridgehead atoms. The molecule has 0 unspecified atom stereocenters. The van der Waals surface area contributed by atoms with Crippen LogP contribution in [0.1, 0.15) is 10.4 Å².